The first-order valence-electron chi connectivity index (χ1n) is 7.86. The molecule has 1 radical (unpaired) electrons. The van der Waals surface area contributed by atoms with Gasteiger partial charge in [-0.2, -0.15) is 36.4 Å². The van der Waals surface area contributed by atoms with Gasteiger partial charge in [-0.05, 0) is 12.8 Å². The summed E-state index contributed by atoms with van der Waals surface area (Å²) in [6.07, 6.45) is 2.06. The van der Waals surface area contributed by atoms with Gasteiger partial charge in [-0.15, -0.1) is 23.3 Å². The molecule has 1 heteroatoms. The van der Waals surface area contributed by atoms with Crippen molar-refractivity contribution in [1.82, 2.24) is 0 Å². The van der Waals surface area contributed by atoms with E-state index in [1.165, 1.54) is 11.1 Å². The Bertz CT molecular complexity index is 429. The fraction of sp³-hybridized carbons (Fsp3) is 0.400. The van der Waals surface area contributed by atoms with E-state index in [0.29, 0.717) is 0 Å². The summed E-state index contributed by atoms with van der Waals surface area (Å²) in [6.45, 7) is 12.3. The van der Waals surface area contributed by atoms with Crippen molar-refractivity contribution in [3.8, 4) is 11.1 Å². The number of aryl methyl sites for hydroxylation is 2. The first-order chi connectivity index (χ1) is 9.83. The maximum Gasteiger partial charge on any atom is 2.00 e. The van der Waals surface area contributed by atoms with Crippen molar-refractivity contribution in [1.29, 1.82) is 0 Å². The number of hydrogen-bond acceptors (Lipinski definition) is 0. The van der Waals surface area contributed by atoms with Crippen LogP contribution in [0.15, 0.2) is 36.4 Å². The molecule has 0 saturated carbocycles. The van der Waals surface area contributed by atoms with E-state index in [9.17, 15) is 0 Å². The molecule has 0 nitrogen and oxygen atoms in total. The summed E-state index contributed by atoms with van der Waals surface area (Å²) in [5.74, 6) is 0. The van der Waals surface area contributed by atoms with E-state index in [4.69, 9.17) is 0 Å². The maximum absolute atomic E-state index is 3.43. The molecule has 21 heavy (non-hydrogen) atoms. The van der Waals surface area contributed by atoms with Gasteiger partial charge in [0, 0.05) is 0 Å². The molecule has 0 bridgehead atoms. The Hall–Kier alpha value is -0.976. The molecule has 0 amide bonds. The standard InChI is InChI=1S/C16H16.2C2H6.V/c1-3-13-7-5-9-15(11-13)16-10-6-8-14(4-2)12-16;2*1-2;/h5-10H,3-4H2,1-2H3;2*1-2H3;/q-2;;;+2. The van der Waals surface area contributed by atoms with Gasteiger partial charge >= 0.3 is 18.6 Å². The van der Waals surface area contributed by atoms with Gasteiger partial charge in [0.25, 0.3) is 0 Å². The van der Waals surface area contributed by atoms with Crippen LogP contribution < -0.4 is 0 Å². The van der Waals surface area contributed by atoms with Crippen LogP contribution in [0.2, 0.25) is 0 Å². The van der Waals surface area contributed by atoms with Gasteiger partial charge in [0.15, 0.2) is 0 Å². The topological polar surface area (TPSA) is 0 Å². The molecule has 0 N–H and O–H groups in total. The van der Waals surface area contributed by atoms with Crippen LogP contribution in [0.5, 0.6) is 0 Å². The molecule has 0 aliphatic heterocycles. The Morgan fingerprint density at radius 1 is 0.667 bits per heavy atom. The fourth-order valence-corrected chi connectivity index (χ4v) is 1.76. The molecule has 2 aromatic rings. The van der Waals surface area contributed by atoms with E-state index < -0.39 is 0 Å². The van der Waals surface area contributed by atoms with E-state index in [1.807, 2.05) is 27.7 Å². The van der Waals surface area contributed by atoms with Gasteiger partial charge < -0.3 is 0 Å². The van der Waals surface area contributed by atoms with Crippen LogP contribution in [0.4, 0.5) is 0 Å². The van der Waals surface area contributed by atoms with Gasteiger partial charge in [0.05, 0.1) is 0 Å². The normalized spacial score (nSPS) is 8.48. The van der Waals surface area contributed by atoms with E-state index in [1.54, 1.807) is 0 Å². The van der Waals surface area contributed by atoms with Gasteiger partial charge in [-0.3, -0.25) is 0 Å². The number of rotatable bonds is 3. The Balaban J connectivity index is 0. The van der Waals surface area contributed by atoms with Gasteiger partial charge in [0.1, 0.15) is 0 Å². The summed E-state index contributed by atoms with van der Waals surface area (Å²) in [4.78, 5) is 0. The molecule has 2 rings (SSSR count). The molecule has 0 heterocycles. The molecule has 0 fully saturated rings. The quantitative estimate of drug-likeness (QED) is 0.597. The Labute approximate surface area is 143 Å². The largest absolute Gasteiger partial charge is 2.00 e. The predicted octanol–water partition coefficient (Wildman–Crippen LogP) is 6.13. The summed E-state index contributed by atoms with van der Waals surface area (Å²) >= 11 is 0. The zero-order chi connectivity index (χ0) is 15.4. The first kappa shape index (κ1) is 22.3. The van der Waals surface area contributed by atoms with Crippen molar-refractivity contribution < 1.29 is 18.6 Å². The number of hydrogen-bond donors (Lipinski definition) is 0. The van der Waals surface area contributed by atoms with Crippen molar-refractivity contribution in [2.45, 2.75) is 54.4 Å². The zero-order valence-corrected chi connectivity index (χ0v) is 15.7. The van der Waals surface area contributed by atoms with Gasteiger partial charge in [0.2, 0.25) is 0 Å². The smallest absolute Gasteiger partial charge is 0.226 e. The van der Waals surface area contributed by atoms with Crippen LogP contribution in [0.3, 0.4) is 0 Å². The van der Waals surface area contributed by atoms with Crippen LogP contribution >= 0.6 is 0 Å². The minimum absolute atomic E-state index is 0. The average Bonchev–Trinajstić information content (AvgIpc) is 2.58. The molecule has 0 saturated heterocycles. The Morgan fingerprint density at radius 3 is 1.29 bits per heavy atom. The van der Waals surface area contributed by atoms with Crippen molar-refractivity contribution >= 4 is 0 Å². The van der Waals surface area contributed by atoms with Crippen LogP contribution in [0.1, 0.15) is 52.7 Å². The van der Waals surface area contributed by atoms with Crippen molar-refractivity contribution in [3.05, 3.63) is 59.7 Å². The third kappa shape index (κ3) is 7.55. The molecule has 0 spiro atoms. The molecule has 0 aliphatic rings. The summed E-state index contributed by atoms with van der Waals surface area (Å²) in [5, 5.41) is 0. The summed E-state index contributed by atoms with van der Waals surface area (Å²) < 4.78 is 0. The summed E-state index contributed by atoms with van der Waals surface area (Å²) in [6, 6.07) is 19.5. The van der Waals surface area contributed by atoms with Crippen LogP contribution in [0.25, 0.3) is 11.1 Å². The molecule has 113 valence electrons. The van der Waals surface area contributed by atoms with Crippen molar-refractivity contribution in [2.24, 2.45) is 0 Å². The van der Waals surface area contributed by atoms with Crippen LogP contribution in [-0.4, -0.2) is 0 Å². The van der Waals surface area contributed by atoms with Crippen molar-refractivity contribution in [3.63, 3.8) is 0 Å². The minimum Gasteiger partial charge on any atom is -0.226 e. The first-order valence-corrected chi connectivity index (χ1v) is 7.86. The SMILES string of the molecule is CC.CC.CCc1[c-]c(-c2[c-]c(CC)ccc2)ccc1.[V+2]. The van der Waals surface area contributed by atoms with Gasteiger partial charge in [-0.25, -0.2) is 11.1 Å². The molecule has 2 aromatic carbocycles. The molecular weight excluding hydrogens is 291 g/mol. The third-order valence-corrected chi connectivity index (χ3v) is 2.76. The van der Waals surface area contributed by atoms with E-state index in [0.717, 1.165) is 24.0 Å². The fourth-order valence-electron chi connectivity index (χ4n) is 1.76. The third-order valence-electron chi connectivity index (χ3n) is 2.76. The van der Waals surface area contributed by atoms with Gasteiger partial charge in [-0.1, -0.05) is 41.5 Å². The maximum atomic E-state index is 3.43. The second kappa shape index (κ2) is 14.0. The predicted molar refractivity (Wildman–Crippen MR) is 91.0 cm³/mol. The number of benzene rings is 2. The van der Waals surface area contributed by atoms with E-state index in [-0.39, 0.29) is 18.6 Å². The summed E-state index contributed by atoms with van der Waals surface area (Å²) in [5.41, 5.74) is 4.81. The minimum atomic E-state index is 0. The Kier molecular flexibility index (Phi) is 14.9. The van der Waals surface area contributed by atoms with Crippen molar-refractivity contribution in [2.75, 3.05) is 0 Å². The molecule has 0 aromatic heterocycles. The average molecular weight is 319 g/mol. The molecular formula is C20H28V. The second-order valence-electron chi connectivity index (χ2n) is 3.89. The van der Waals surface area contributed by atoms with E-state index >= 15 is 0 Å². The zero-order valence-electron chi connectivity index (χ0n) is 14.3. The van der Waals surface area contributed by atoms with E-state index in [2.05, 4.69) is 62.4 Å². The molecule has 0 atom stereocenters. The Morgan fingerprint density at radius 2 is 1.00 bits per heavy atom. The monoisotopic (exact) mass is 319 g/mol. The second-order valence-corrected chi connectivity index (χ2v) is 3.89. The van der Waals surface area contributed by atoms with Crippen LogP contribution in [-0.2, 0) is 31.4 Å². The van der Waals surface area contributed by atoms with Crippen LogP contribution in [0, 0.1) is 12.1 Å². The molecule has 0 aliphatic carbocycles. The summed E-state index contributed by atoms with van der Waals surface area (Å²) in [7, 11) is 0. The molecule has 0 unspecified atom stereocenters.